The highest BCUT2D eigenvalue weighted by molar-refractivity contribution is 4.90. The third-order valence-electron chi connectivity index (χ3n) is 1.64. The maximum absolute atomic E-state index is 12.3. The van der Waals surface area contributed by atoms with E-state index in [9.17, 15) is 17.6 Å². The van der Waals surface area contributed by atoms with Crippen molar-refractivity contribution in [3.63, 3.8) is 0 Å². The lowest BCUT2D eigenvalue weighted by molar-refractivity contribution is -0.299. The van der Waals surface area contributed by atoms with E-state index in [4.69, 9.17) is 0 Å². The Bertz CT molecular complexity index is 165. The molecule has 0 saturated carbocycles. The number of halogens is 4. The quantitative estimate of drug-likeness (QED) is 0.656. The number of rotatable bonds is 2. The summed E-state index contributed by atoms with van der Waals surface area (Å²) in [4.78, 5) is 0. The van der Waals surface area contributed by atoms with Crippen LogP contribution < -0.4 is 5.32 Å². The minimum atomic E-state index is -4.92. The van der Waals surface area contributed by atoms with Crippen molar-refractivity contribution in [1.29, 1.82) is 0 Å². The summed E-state index contributed by atoms with van der Waals surface area (Å²) in [5.74, 6) is 0. The molecule has 0 bridgehead atoms. The molecule has 0 amide bonds. The van der Waals surface area contributed by atoms with Crippen molar-refractivity contribution in [2.24, 2.45) is 0 Å². The molecule has 0 spiro atoms. The monoisotopic (exact) mass is 187 g/mol. The minimum absolute atomic E-state index is 0.253. The van der Waals surface area contributed by atoms with Crippen LogP contribution in [0, 0.1) is 0 Å². The minimum Gasteiger partial charge on any atom is -0.332 e. The lowest BCUT2D eigenvalue weighted by Gasteiger charge is -2.40. The van der Waals surface area contributed by atoms with Gasteiger partial charge in [0.1, 0.15) is 0 Å². The fourth-order valence-electron chi connectivity index (χ4n) is 0.877. The van der Waals surface area contributed by atoms with E-state index in [2.05, 4.69) is 10.1 Å². The molecule has 6 heteroatoms. The smallest absolute Gasteiger partial charge is 0.332 e. The van der Waals surface area contributed by atoms with Gasteiger partial charge in [-0.05, 0) is 6.92 Å². The number of hydrogen-bond donors (Lipinski definition) is 1. The first-order valence-corrected chi connectivity index (χ1v) is 3.43. The third kappa shape index (κ3) is 2.07. The highest BCUT2D eigenvalue weighted by Crippen LogP contribution is 2.29. The SMILES string of the molecule is CC1(OC(F)C(F)(F)F)CNC1. The standard InChI is InChI=1S/C6H9F4NO/c1-5(2-11-3-5)12-4(7)6(8,9)10/h4,11H,2-3H2,1H3. The third-order valence-corrected chi connectivity index (χ3v) is 1.64. The summed E-state index contributed by atoms with van der Waals surface area (Å²) in [7, 11) is 0. The Labute approximate surface area is 66.9 Å². The lowest BCUT2D eigenvalue weighted by atomic mass is 10.0. The predicted molar refractivity (Wildman–Crippen MR) is 33.3 cm³/mol. The van der Waals surface area contributed by atoms with Gasteiger partial charge in [-0.15, -0.1) is 0 Å². The van der Waals surface area contributed by atoms with Gasteiger partial charge < -0.3 is 10.1 Å². The van der Waals surface area contributed by atoms with E-state index in [-0.39, 0.29) is 13.1 Å². The predicted octanol–water partition coefficient (Wildman–Crippen LogP) is 1.22. The molecule has 1 saturated heterocycles. The Morgan fingerprint density at radius 1 is 1.42 bits per heavy atom. The summed E-state index contributed by atoms with van der Waals surface area (Å²) in [6.07, 6.45) is -8.09. The summed E-state index contributed by atoms with van der Waals surface area (Å²) in [6, 6.07) is 0. The summed E-state index contributed by atoms with van der Waals surface area (Å²) in [6.45, 7) is 1.94. The maximum atomic E-state index is 12.3. The fourth-order valence-corrected chi connectivity index (χ4v) is 0.877. The molecule has 0 aromatic rings. The van der Waals surface area contributed by atoms with Crippen LogP contribution in [0.3, 0.4) is 0 Å². The number of nitrogens with one attached hydrogen (secondary N) is 1. The average molecular weight is 187 g/mol. The molecule has 2 nitrogen and oxygen atoms in total. The molecule has 1 aliphatic heterocycles. The normalized spacial score (nSPS) is 24.8. The van der Waals surface area contributed by atoms with Crippen LogP contribution >= 0.6 is 0 Å². The van der Waals surface area contributed by atoms with Crippen molar-refractivity contribution in [2.45, 2.75) is 25.1 Å². The molecule has 72 valence electrons. The van der Waals surface area contributed by atoms with Crippen molar-refractivity contribution in [2.75, 3.05) is 13.1 Å². The first-order chi connectivity index (χ1) is 5.33. The Kier molecular flexibility index (Phi) is 2.31. The molecule has 1 rings (SSSR count). The van der Waals surface area contributed by atoms with E-state index >= 15 is 0 Å². The van der Waals surface area contributed by atoms with Crippen LogP contribution in [0.5, 0.6) is 0 Å². The second kappa shape index (κ2) is 2.85. The van der Waals surface area contributed by atoms with Crippen LogP contribution in [0.1, 0.15) is 6.92 Å². The Balaban J connectivity index is 2.40. The molecule has 1 unspecified atom stereocenters. The van der Waals surface area contributed by atoms with Crippen LogP contribution in [0.25, 0.3) is 0 Å². The molecule has 12 heavy (non-hydrogen) atoms. The van der Waals surface area contributed by atoms with Crippen LogP contribution in [-0.2, 0) is 4.74 Å². The van der Waals surface area contributed by atoms with E-state index in [0.717, 1.165) is 0 Å². The molecular formula is C6H9F4NO. The zero-order valence-electron chi connectivity index (χ0n) is 6.41. The second-order valence-electron chi connectivity index (χ2n) is 3.03. The van der Waals surface area contributed by atoms with Crippen molar-refractivity contribution >= 4 is 0 Å². The first kappa shape index (κ1) is 9.73. The molecule has 1 N–H and O–H groups in total. The van der Waals surface area contributed by atoms with E-state index in [1.54, 1.807) is 0 Å². The zero-order chi connectivity index (χ0) is 9.41. The molecule has 1 atom stereocenters. The molecule has 1 heterocycles. The summed E-state index contributed by atoms with van der Waals surface area (Å²) in [5.41, 5.74) is -1.01. The number of alkyl halides is 4. The van der Waals surface area contributed by atoms with Crippen LogP contribution in [0.15, 0.2) is 0 Å². The second-order valence-corrected chi connectivity index (χ2v) is 3.03. The lowest BCUT2D eigenvalue weighted by Crippen LogP contribution is -2.60. The van der Waals surface area contributed by atoms with Gasteiger partial charge in [-0.3, -0.25) is 0 Å². The molecule has 1 fully saturated rings. The highest BCUT2D eigenvalue weighted by Gasteiger charge is 2.47. The number of ether oxygens (including phenoxy) is 1. The van der Waals surface area contributed by atoms with Crippen molar-refractivity contribution in [3.8, 4) is 0 Å². The maximum Gasteiger partial charge on any atom is 0.445 e. The van der Waals surface area contributed by atoms with E-state index in [0.29, 0.717) is 0 Å². The average Bonchev–Trinajstić information content (AvgIpc) is 1.82. The van der Waals surface area contributed by atoms with E-state index in [1.807, 2.05) is 0 Å². The van der Waals surface area contributed by atoms with Gasteiger partial charge in [-0.25, -0.2) is 4.39 Å². The molecule has 0 radical (unpaired) electrons. The Hall–Kier alpha value is -0.360. The summed E-state index contributed by atoms with van der Waals surface area (Å²) >= 11 is 0. The van der Waals surface area contributed by atoms with Gasteiger partial charge in [0.25, 0.3) is 6.36 Å². The highest BCUT2D eigenvalue weighted by atomic mass is 19.4. The Morgan fingerprint density at radius 3 is 2.17 bits per heavy atom. The van der Waals surface area contributed by atoms with Crippen molar-refractivity contribution < 1.29 is 22.3 Å². The molecule has 0 aromatic carbocycles. The van der Waals surface area contributed by atoms with Gasteiger partial charge in [0, 0.05) is 13.1 Å². The molecule has 1 aliphatic rings. The largest absolute Gasteiger partial charge is 0.445 e. The molecule has 0 aromatic heterocycles. The van der Waals surface area contributed by atoms with Crippen molar-refractivity contribution in [1.82, 2.24) is 5.32 Å². The summed E-state index contributed by atoms with van der Waals surface area (Å²) in [5, 5.41) is 2.70. The number of hydrogen-bond acceptors (Lipinski definition) is 2. The van der Waals surface area contributed by atoms with Crippen molar-refractivity contribution in [3.05, 3.63) is 0 Å². The van der Waals surface area contributed by atoms with Gasteiger partial charge in [-0.2, -0.15) is 13.2 Å². The van der Waals surface area contributed by atoms with Crippen LogP contribution in [0.2, 0.25) is 0 Å². The van der Waals surface area contributed by atoms with Crippen LogP contribution in [0.4, 0.5) is 17.6 Å². The zero-order valence-corrected chi connectivity index (χ0v) is 6.41. The van der Waals surface area contributed by atoms with Gasteiger partial charge in [0.05, 0.1) is 5.60 Å². The van der Waals surface area contributed by atoms with Gasteiger partial charge >= 0.3 is 6.18 Å². The van der Waals surface area contributed by atoms with E-state index in [1.165, 1.54) is 6.92 Å². The topological polar surface area (TPSA) is 21.3 Å². The molecule has 0 aliphatic carbocycles. The van der Waals surface area contributed by atoms with Gasteiger partial charge in [-0.1, -0.05) is 0 Å². The first-order valence-electron chi connectivity index (χ1n) is 3.43. The fraction of sp³-hybridized carbons (Fsp3) is 1.00. The molecular weight excluding hydrogens is 178 g/mol. The van der Waals surface area contributed by atoms with Gasteiger partial charge in [0.2, 0.25) is 0 Å². The van der Waals surface area contributed by atoms with Crippen LogP contribution in [-0.4, -0.2) is 31.2 Å². The summed E-state index contributed by atoms with van der Waals surface area (Å²) < 4.78 is 51.3. The van der Waals surface area contributed by atoms with E-state index < -0.39 is 18.1 Å². The van der Waals surface area contributed by atoms with Gasteiger partial charge in [0.15, 0.2) is 0 Å². The Morgan fingerprint density at radius 2 is 1.92 bits per heavy atom.